The van der Waals surface area contributed by atoms with Gasteiger partial charge in [0.2, 0.25) is 5.91 Å². The van der Waals surface area contributed by atoms with Crippen LogP contribution in [0, 0.1) is 5.41 Å². The van der Waals surface area contributed by atoms with Gasteiger partial charge in [0, 0.05) is 25.7 Å². The molecule has 2 aromatic heterocycles. The van der Waals surface area contributed by atoms with Crippen LogP contribution in [0.3, 0.4) is 0 Å². The van der Waals surface area contributed by atoms with Gasteiger partial charge in [-0.2, -0.15) is 0 Å². The fourth-order valence-corrected chi connectivity index (χ4v) is 2.42. The minimum Gasteiger partial charge on any atom is -0.324 e. The van der Waals surface area contributed by atoms with E-state index in [9.17, 15) is 14.4 Å². The first kappa shape index (κ1) is 17.9. The zero-order valence-electron chi connectivity index (χ0n) is 15.2. The maximum atomic E-state index is 12.7. The van der Waals surface area contributed by atoms with E-state index in [4.69, 9.17) is 0 Å². The highest BCUT2D eigenvalue weighted by molar-refractivity contribution is 6.03. The van der Waals surface area contributed by atoms with Crippen molar-refractivity contribution in [2.24, 2.45) is 19.5 Å². The highest BCUT2D eigenvalue weighted by Crippen LogP contribution is 2.30. The van der Waals surface area contributed by atoms with Crippen molar-refractivity contribution in [3.63, 3.8) is 0 Å². The SMILES string of the molecule is CC(C)c1cnc2c(c1NC(=O)C(C)(C)C)c(=O)n(C)c(=O)n2C. The van der Waals surface area contributed by atoms with E-state index in [0.717, 1.165) is 10.1 Å². The summed E-state index contributed by atoms with van der Waals surface area (Å²) in [6, 6.07) is 0. The standard InChI is InChI=1S/C17H24N4O3/c1-9(2)10-8-18-13-11(12(10)19-15(23)17(3,4)5)14(22)21(7)16(24)20(13)6/h8-9H,1-7H3,(H,18,19,23). The van der Waals surface area contributed by atoms with Crippen LogP contribution in [0.5, 0.6) is 0 Å². The molecule has 0 aromatic carbocycles. The first-order chi connectivity index (χ1) is 11.0. The van der Waals surface area contributed by atoms with Crippen LogP contribution in [0.4, 0.5) is 5.69 Å². The molecular weight excluding hydrogens is 308 g/mol. The number of pyridine rings is 1. The maximum absolute atomic E-state index is 12.7. The molecule has 0 unspecified atom stereocenters. The van der Waals surface area contributed by atoms with Crippen molar-refractivity contribution < 1.29 is 4.79 Å². The van der Waals surface area contributed by atoms with Gasteiger partial charge in [0.05, 0.1) is 5.69 Å². The van der Waals surface area contributed by atoms with Crippen molar-refractivity contribution in [1.82, 2.24) is 14.1 Å². The van der Waals surface area contributed by atoms with Gasteiger partial charge >= 0.3 is 5.69 Å². The van der Waals surface area contributed by atoms with E-state index in [1.807, 2.05) is 13.8 Å². The lowest BCUT2D eigenvalue weighted by Crippen LogP contribution is -2.38. The summed E-state index contributed by atoms with van der Waals surface area (Å²) < 4.78 is 2.34. The van der Waals surface area contributed by atoms with Gasteiger partial charge in [-0.1, -0.05) is 34.6 Å². The molecule has 2 rings (SSSR count). The Morgan fingerprint density at radius 2 is 1.75 bits per heavy atom. The second-order valence-electron chi connectivity index (χ2n) is 7.35. The summed E-state index contributed by atoms with van der Waals surface area (Å²) in [4.78, 5) is 41.6. The number of rotatable bonds is 2. The average molecular weight is 332 g/mol. The molecule has 7 heteroatoms. The van der Waals surface area contributed by atoms with E-state index in [0.29, 0.717) is 5.69 Å². The Balaban J connectivity index is 2.93. The molecule has 0 bridgehead atoms. The molecule has 0 aliphatic rings. The number of hydrogen-bond donors (Lipinski definition) is 1. The first-order valence-corrected chi connectivity index (χ1v) is 7.87. The van der Waals surface area contributed by atoms with Crippen LogP contribution in [0.15, 0.2) is 15.8 Å². The van der Waals surface area contributed by atoms with Crippen molar-refractivity contribution in [2.75, 3.05) is 5.32 Å². The Hall–Kier alpha value is -2.44. The minimum absolute atomic E-state index is 0.0547. The number of fused-ring (bicyclic) bond motifs is 1. The lowest BCUT2D eigenvalue weighted by molar-refractivity contribution is -0.123. The van der Waals surface area contributed by atoms with Gasteiger partial charge in [-0.05, 0) is 11.5 Å². The molecule has 0 aliphatic heterocycles. The number of nitrogens with one attached hydrogen (secondary N) is 1. The third-order valence-electron chi connectivity index (χ3n) is 4.04. The molecule has 2 aromatic rings. The van der Waals surface area contributed by atoms with Crippen LogP contribution >= 0.6 is 0 Å². The summed E-state index contributed by atoms with van der Waals surface area (Å²) >= 11 is 0. The molecular formula is C17H24N4O3. The van der Waals surface area contributed by atoms with Crippen molar-refractivity contribution >= 4 is 22.6 Å². The van der Waals surface area contributed by atoms with Gasteiger partial charge in [0.25, 0.3) is 5.56 Å². The predicted molar refractivity (Wildman–Crippen MR) is 94.4 cm³/mol. The first-order valence-electron chi connectivity index (χ1n) is 7.87. The summed E-state index contributed by atoms with van der Waals surface area (Å²) in [5.74, 6) is -0.146. The van der Waals surface area contributed by atoms with E-state index in [1.165, 1.54) is 11.6 Å². The fraction of sp³-hybridized carbons (Fsp3) is 0.529. The number of hydrogen-bond acceptors (Lipinski definition) is 4. The molecule has 0 saturated carbocycles. The third-order valence-corrected chi connectivity index (χ3v) is 4.04. The predicted octanol–water partition coefficient (Wildman–Crippen LogP) is 1.74. The summed E-state index contributed by atoms with van der Waals surface area (Å²) in [5, 5.41) is 3.14. The number of amides is 1. The Morgan fingerprint density at radius 1 is 1.17 bits per heavy atom. The molecule has 0 radical (unpaired) electrons. The van der Waals surface area contributed by atoms with Crippen LogP contribution in [-0.2, 0) is 18.9 Å². The molecule has 24 heavy (non-hydrogen) atoms. The molecule has 0 atom stereocenters. The highest BCUT2D eigenvalue weighted by atomic mass is 16.2. The van der Waals surface area contributed by atoms with Gasteiger partial charge in [0.1, 0.15) is 5.39 Å². The third kappa shape index (κ3) is 2.86. The molecule has 130 valence electrons. The second-order valence-corrected chi connectivity index (χ2v) is 7.35. The van der Waals surface area contributed by atoms with Crippen molar-refractivity contribution in [2.45, 2.75) is 40.5 Å². The van der Waals surface area contributed by atoms with E-state index < -0.39 is 16.7 Å². The molecule has 2 heterocycles. The van der Waals surface area contributed by atoms with Crippen molar-refractivity contribution in [3.05, 3.63) is 32.6 Å². The lowest BCUT2D eigenvalue weighted by Gasteiger charge is -2.22. The van der Waals surface area contributed by atoms with Gasteiger partial charge in [-0.3, -0.25) is 18.7 Å². The average Bonchev–Trinajstić information content (AvgIpc) is 2.49. The smallest absolute Gasteiger partial charge is 0.324 e. The largest absolute Gasteiger partial charge is 0.332 e. The Kier molecular flexibility index (Phi) is 4.39. The minimum atomic E-state index is -0.615. The Bertz CT molecular complexity index is 930. The van der Waals surface area contributed by atoms with Gasteiger partial charge in [0.15, 0.2) is 5.65 Å². The number of carbonyl (C=O) groups excluding carboxylic acids is 1. The summed E-state index contributed by atoms with van der Waals surface area (Å²) in [6.07, 6.45) is 1.62. The monoisotopic (exact) mass is 332 g/mol. The molecule has 0 spiro atoms. The van der Waals surface area contributed by atoms with Crippen LogP contribution in [0.2, 0.25) is 0 Å². The van der Waals surface area contributed by atoms with E-state index in [1.54, 1.807) is 34.0 Å². The summed E-state index contributed by atoms with van der Waals surface area (Å²) in [5.41, 5.74) is -0.0770. The molecule has 7 nitrogen and oxygen atoms in total. The lowest BCUT2D eigenvalue weighted by atomic mass is 9.94. The molecule has 0 fully saturated rings. The van der Waals surface area contributed by atoms with E-state index >= 15 is 0 Å². The Morgan fingerprint density at radius 3 is 2.25 bits per heavy atom. The number of anilines is 1. The van der Waals surface area contributed by atoms with Gasteiger partial charge in [-0.25, -0.2) is 9.78 Å². The summed E-state index contributed by atoms with van der Waals surface area (Å²) in [7, 11) is 2.98. The second kappa shape index (κ2) is 5.89. The number of nitrogens with zero attached hydrogens (tertiary/aromatic N) is 3. The Labute approximate surface area is 140 Å². The molecule has 1 N–H and O–H groups in total. The quantitative estimate of drug-likeness (QED) is 0.907. The molecule has 1 amide bonds. The van der Waals surface area contributed by atoms with Crippen molar-refractivity contribution in [1.29, 1.82) is 0 Å². The number of aryl methyl sites for hydroxylation is 1. The van der Waals surface area contributed by atoms with Crippen LogP contribution < -0.4 is 16.6 Å². The van der Waals surface area contributed by atoms with Gasteiger partial charge in [-0.15, -0.1) is 0 Å². The van der Waals surface area contributed by atoms with Crippen LogP contribution in [0.1, 0.15) is 46.1 Å². The fourth-order valence-electron chi connectivity index (χ4n) is 2.42. The van der Waals surface area contributed by atoms with Crippen LogP contribution in [0.25, 0.3) is 11.0 Å². The van der Waals surface area contributed by atoms with Crippen molar-refractivity contribution in [3.8, 4) is 0 Å². The molecule has 0 saturated heterocycles. The van der Waals surface area contributed by atoms with Gasteiger partial charge < -0.3 is 5.32 Å². The number of carbonyl (C=O) groups is 1. The van der Waals surface area contributed by atoms with Crippen LogP contribution in [-0.4, -0.2) is 20.0 Å². The van der Waals surface area contributed by atoms with E-state index in [-0.39, 0.29) is 22.9 Å². The normalized spacial score (nSPS) is 12.0. The molecule has 0 aliphatic carbocycles. The van der Waals surface area contributed by atoms with E-state index in [2.05, 4.69) is 10.3 Å². The number of aromatic nitrogens is 3. The highest BCUT2D eigenvalue weighted by Gasteiger charge is 2.25. The topological polar surface area (TPSA) is 86.0 Å². The zero-order chi connectivity index (χ0) is 18.4. The maximum Gasteiger partial charge on any atom is 0.332 e. The zero-order valence-corrected chi connectivity index (χ0v) is 15.2. The summed E-state index contributed by atoms with van der Waals surface area (Å²) in [6.45, 7) is 9.32.